The van der Waals surface area contributed by atoms with Gasteiger partial charge in [-0.2, -0.15) is 0 Å². The predicted molar refractivity (Wildman–Crippen MR) is 123 cm³/mol. The Morgan fingerprint density at radius 3 is 2.55 bits per heavy atom. The maximum absolute atomic E-state index is 13.6. The molecule has 0 bridgehead atoms. The molecule has 0 radical (unpaired) electrons. The van der Waals surface area contributed by atoms with Gasteiger partial charge in [-0.1, -0.05) is 20.8 Å². The fraction of sp³-hybridized carbons (Fsp3) is 0.889. The monoisotopic (exact) mass is 462 g/mol. The summed E-state index contributed by atoms with van der Waals surface area (Å²) in [6, 6.07) is 0. The van der Waals surface area contributed by atoms with Gasteiger partial charge in [-0.05, 0) is 80.0 Å². The van der Waals surface area contributed by atoms with Gasteiger partial charge in [0.2, 0.25) is 0 Å². The number of Topliss-reactive ketones (excluding diaryl/α,β-unsaturated/α-hetero) is 1. The van der Waals surface area contributed by atoms with Crippen LogP contribution < -0.4 is 0 Å². The molecule has 4 aliphatic carbocycles. The SMILES string of the molecule is COC(=O)CC[C@@H](C)[C@H]1CC[C@H]2[C@@H]3C(=O)CC4C[C@H](OC(C)=O)CC[C@]4(C)[C@H]3C[C@H](O)[C@]12C. The van der Waals surface area contributed by atoms with Crippen molar-refractivity contribution in [2.75, 3.05) is 7.11 Å². The van der Waals surface area contributed by atoms with Crippen LogP contribution in [0.3, 0.4) is 0 Å². The number of fused-ring (bicyclic) bond motifs is 5. The fourth-order valence-corrected chi connectivity index (χ4v) is 8.82. The number of rotatable bonds is 5. The zero-order valence-electron chi connectivity index (χ0n) is 21.0. The summed E-state index contributed by atoms with van der Waals surface area (Å²) in [6.45, 7) is 8.18. The normalized spacial score (nSPS) is 45.4. The van der Waals surface area contributed by atoms with Crippen molar-refractivity contribution in [3.05, 3.63) is 0 Å². The summed E-state index contributed by atoms with van der Waals surface area (Å²) in [5.41, 5.74) is -0.281. The molecular weight excluding hydrogens is 420 g/mol. The third kappa shape index (κ3) is 4.04. The molecule has 0 aromatic rings. The molecule has 0 aromatic carbocycles. The van der Waals surface area contributed by atoms with Gasteiger partial charge in [0.1, 0.15) is 11.9 Å². The van der Waals surface area contributed by atoms with Gasteiger partial charge in [-0.3, -0.25) is 14.4 Å². The van der Waals surface area contributed by atoms with Gasteiger partial charge in [0.05, 0.1) is 13.2 Å². The van der Waals surface area contributed by atoms with Crippen LogP contribution in [0.25, 0.3) is 0 Å². The maximum Gasteiger partial charge on any atom is 0.305 e. The van der Waals surface area contributed by atoms with Gasteiger partial charge in [0, 0.05) is 31.1 Å². The first kappa shape index (κ1) is 24.7. The second kappa shape index (κ2) is 8.98. The summed E-state index contributed by atoms with van der Waals surface area (Å²) in [5, 5.41) is 11.6. The highest BCUT2D eigenvalue weighted by molar-refractivity contribution is 5.83. The van der Waals surface area contributed by atoms with E-state index in [4.69, 9.17) is 9.47 Å². The largest absolute Gasteiger partial charge is 0.469 e. The zero-order chi connectivity index (χ0) is 24.1. The van der Waals surface area contributed by atoms with Gasteiger partial charge < -0.3 is 14.6 Å². The molecule has 10 atom stereocenters. The Balaban J connectivity index is 1.55. The number of aliphatic hydroxyl groups excluding tert-OH is 1. The molecule has 4 aliphatic rings. The minimum Gasteiger partial charge on any atom is -0.469 e. The van der Waals surface area contributed by atoms with Gasteiger partial charge in [0.25, 0.3) is 0 Å². The molecule has 0 heterocycles. The van der Waals surface area contributed by atoms with E-state index in [1.54, 1.807) is 0 Å². The highest BCUT2D eigenvalue weighted by Crippen LogP contribution is 2.67. The van der Waals surface area contributed by atoms with Crippen molar-refractivity contribution < 1.29 is 29.0 Å². The zero-order valence-corrected chi connectivity index (χ0v) is 21.0. The number of aliphatic hydroxyl groups is 1. The van der Waals surface area contributed by atoms with Gasteiger partial charge in [-0.15, -0.1) is 0 Å². The van der Waals surface area contributed by atoms with Crippen LogP contribution >= 0.6 is 0 Å². The average molecular weight is 463 g/mol. The number of ketones is 1. The number of methoxy groups -OCH3 is 1. The summed E-state index contributed by atoms with van der Waals surface area (Å²) >= 11 is 0. The topological polar surface area (TPSA) is 89.9 Å². The number of hydrogen-bond donors (Lipinski definition) is 1. The van der Waals surface area contributed by atoms with Crippen LogP contribution in [-0.4, -0.2) is 42.1 Å². The van der Waals surface area contributed by atoms with Crippen LogP contribution in [0.4, 0.5) is 0 Å². The Hall–Kier alpha value is -1.43. The minimum absolute atomic E-state index is 0.00607. The molecule has 0 aromatic heterocycles. The lowest BCUT2D eigenvalue weighted by Crippen LogP contribution is -2.61. The van der Waals surface area contributed by atoms with Gasteiger partial charge >= 0.3 is 11.9 Å². The lowest BCUT2D eigenvalue weighted by atomic mass is 9.43. The van der Waals surface area contributed by atoms with Crippen molar-refractivity contribution in [2.45, 2.75) is 97.7 Å². The van der Waals surface area contributed by atoms with Crippen molar-refractivity contribution in [3.63, 3.8) is 0 Å². The smallest absolute Gasteiger partial charge is 0.305 e. The molecule has 0 saturated heterocycles. The van der Waals surface area contributed by atoms with E-state index in [9.17, 15) is 19.5 Å². The van der Waals surface area contributed by atoms with Crippen molar-refractivity contribution in [1.82, 2.24) is 0 Å². The van der Waals surface area contributed by atoms with Crippen molar-refractivity contribution in [1.29, 1.82) is 0 Å². The molecule has 186 valence electrons. The average Bonchev–Trinajstić information content (AvgIpc) is 3.11. The molecule has 0 spiro atoms. The predicted octanol–water partition coefficient (Wildman–Crippen LogP) is 4.32. The molecule has 0 amide bonds. The Kier molecular flexibility index (Phi) is 6.71. The number of carbonyl (C=O) groups is 3. The lowest BCUT2D eigenvalue weighted by Gasteiger charge is -2.61. The summed E-state index contributed by atoms with van der Waals surface area (Å²) < 4.78 is 10.3. The van der Waals surface area contributed by atoms with Crippen LogP contribution in [0.1, 0.15) is 85.5 Å². The van der Waals surface area contributed by atoms with E-state index in [2.05, 4.69) is 20.8 Å². The van der Waals surface area contributed by atoms with E-state index in [1.165, 1.54) is 14.0 Å². The standard InChI is InChI=1S/C27H42O6/c1-15(6-9-24(31)32-5)19-7-8-20-25-21(14-23(30)27(19,20)4)26(3)11-10-18(33-16(2)28)12-17(26)13-22(25)29/h15,17-21,23,25,30H,6-14H2,1-5H3/t15-,17?,18-,19-,20+,21+,23+,25+,26+,27-/m1/s1. The van der Waals surface area contributed by atoms with Crippen molar-refractivity contribution in [3.8, 4) is 0 Å². The molecule has 0 aliphatic heterocycles. The molecular formula is C27H42O6. The molecule has 4 rings (SSSR count). The first-order chi connectivity index (χ1) is 15.5. The van der Waals surface area contributed by atoms with Crippen molar-refractivity contribution in [2.24, 2.45) is 46.3 Å². The molecule has 4 saturated carbocycles. The van der Waals surface area contributed by atoms with E-state index in [1.807, 2.05) is 0 Å². The summed E-state index contributed by atoms with van der Waals surface area (Å²) in [5.74, 6) is 1.17. The highest BCUT2D eigenvalue weighted by Gasteiger charge is 2.66. The van der Waals surface area contributed by atoms with Crippen LogP contribution in [0.15, 0.2) is 0 Å². The molecule has 1 N–H and O–H groups in total. The summed E-state index contributed by atoms with van der Waals surface area (Å²) in [4.78, 5) is 36.8. The number of carbonyl (C=O) groups excluding carboxylic acids is 3. The molecule has 6 nitrogen and oxygen atoms in total. The van der Waals surface area contributed by atoms with Gasteiger partial charge in [0.15, 0.2) is 0 Å². The van der Waals surface area contributed by atoms with E-state index < -0.39 is 6.10 Å². The highest BCUT2D eigenvalue weighted by atomic mass is 16.5. The molecule has 1 unspecified atom stereocenters. The molecule has 4 fully saturated rings. The second-order valence-electron chi connectivity index (χ2n) is 12.0. The van der Waals surface area contributed by atoms with Crippen LogP contribution in [0.2, 0.25) is 0 Å². The Bertz CT molecular complexity index is 793. The van der Waals surface area contributed by atoms with E-state index in [-0.39, 0.29) is 52.5 Å². The Morgan fingerprint density at radius 1 is 1.15 bits per heavy atom. The van der Waals surface area contributed by atoms with E-state index >= 15 is 0 Å². The Labute approximate surface area is 198 Å². The third-order valence-corrected chi connectivity index (χ3v) is 10.7. The maximum atomic E-state index is 13.6. The second-order valence-corrected chi connectivity index (χ2v) is 12.0. The van der Waals surface area contributed by atoms with E-state index in [0.717, 1.165) is 38.5 Å². The quantitative estimate of drug-likeness (QED) is 0.612. The molecule has 6 heteroatoms. The van der Waals surface area contributed by atoms with Crippen LogP contribution in [0.5, 0.6) is 0 Å². The van der Waals surface area contributed by atoms with Crippen molar-refractivity contribution >= 4 is 17.7 Å². The summed E-state index contributed by atoms with van der Waals surface area (Å²) in [6.07, 6.45) is 6.41. The van der Waals surface area contributed by atoms with E-state index in [0.29, 0.717) is 36.9 Å². The fourth-order valence-electron chi connectivity index (χ4n) is 8.82. The first-order valence-corrected chi connectivity index (χ1v) is 13.0. The Morgan fingerprint density at radius 2 is 1.88 bits per heavy atom. The van der Waals surface area contributed by atoms with Crippen LogP contribution in [-0.2, 0) is 23.9 Å². The number of esters is 2. The molecule has 33 heavy (non-hydrogen) atoms. The third-order valence-electron chi connectivity index (χ3n) is 10.7. The number of hydrogen-bond acceptors (Lipinski definition) is 6. The lowest BCUT2D eigenvalue weighted by molar-refractivity contribution is -0.185. The van der Waals surface area contributed by atoms with Gasteiger partial charge in [-0.25, -0.2) is 0 Å². The number of ether oxygens (including phenoxy) is 2. The first-order valence-electron chi connectivity index (χ1n) is 13.0. The minimum atomic E-state index is -0.439. The summed E-state index contributed by atoms with van der Waals surface area (Å²) in [7, 11) is 1.42. The van der Waals surface area contributed by atoms with Crippen LogP contribution in [0, 0.1) is 46.3 Å².